The predicted molar refractivity (Wildman–Crippen MR) is 63.6 cm³/mol. The van der Waals surface area contributed by atoms with E-state index < -0.39 is 0 Å². The minimum Gasteiger partial charge on any atom is -0.271 e. The Bertz CT molecular complexity index is 328. The average molecular weight is 275 g/mol. The molecule has 0 aliphatic carbocycles. The van der Waals surface area contributed by atoms with Crippen LogP contribution in [0, 0.1) is 11.7 Å². The van der Waals surface area contributed by atoms with Crippen LogP contribution in [0.4, 0.5) is 4.39 Å². The number of rotatable bonds is 4. The first-order valence-electron chi connectivity index (χ1n) is 4.95. The summed E-state index contributed by atoms with van der Waals surface area (Å²) < 4.78 is 13.8. The Labute approximate surface area is 98.1 Å². The van der Waals surface area contributed by atoms with Crippen molar-refractivity contribution in [2.24, 2.45) is 11.8 Å². The van der Waals surface area contributed by atoms with Gasteiger partial charge in [-0.15, -0.1) is 0 Å². The van der Waals surface area contributed by atoms with E-state index in [1.54, 1.807) is 6.07 Å². The molecule has 4 heteroatoms. The largest absolute Gasteiger partial charge is 0.271 e. The molecule has 0 radical (unpaired) electrons. The van der Waals surface area contributed by atoms with Gasteiger partial charge in [0.05, 0.1) is 4.47 Å². The zero-order valence-corrected chi connectivity index (χ0v) is 10.5. The molecule has 15 heavy (non-hydrogen) atoms. The number of nitrogens with two attached hydrogens (primary N) is 1. The summed E-state index contributed by atoms with van der Waals surface area (Å²) in [5.74, 6) is 5.72. The third-order valence-corrected chi connectivity index (χ3v) is 2.90. The Morgan fingerprint density at radius 3 is 2.60 bits per heavy atom. The monoisotopic (exact) mass is 274 g/mol. The smallest absolute Gasteiger partial charge is 0.137 e. The highest BCUT2D eigenvalue weighted by Crippen LogP contribution is 2.24. The maximum atomic E-state index is 13.3. The number of hydrazine groups is 1. The maximum Gasteiger partial charge on any atom is 0.137 e. The lowest BCUT2D eigenvalue weighted by molar-refractivity contribution is 0.436. The lowest BCUT2D eigenvalue weighted by Crippen LogP contribution is -2.29. The second-order valence-corrected chi connectivity index (χ2v) is 4.88. The second kappa shape index (κ2) is 5.58. The number of halogens is 2. The van der Waals surface area contributed by atoms with Crippen molar-refractivity contribution in [3.05, 3.63) is 34.1 Å². The summed E-state index contributed by atoms with van der Waals surface area (Å²) >= 11 is 3.12. The van der Waals surface area contributed by atoms with Crippen LogP contribution in [-0.2, 0) is 0 Å². The van der Waals surface area contributed by atoms with Gasteiger partial charge >= 0.3 is 0 Å². The quantitative estimate of drug-likeness (QED) is 0.654. The lowest BCUT2D eigenvalue weighted by atomic mass is 9.97. The number of hydrogen-bond acceptors (Lipinski definition) is 2. The predicted octanol–water partition coefficient (Wildman–Crippen LogP) is 3.14. The fraction of sp³-hybridized carbons (Fsp3) is 0.455. The van der Waals surface area contributed by atoms with Crippen LogP contribution in [0.25, 0.3) is 0 Å². The van der Waals surface area contributed by atoms with Gasteiger partial charge in [0.1, 0.15) is 5.82 Å². The van der Waals surface area contributed by atoms with Gasteiger partial charge in [0.15, 0.2) is 0 Å². The Hall–Kier alpha value is -0.450. The minimum atomic E-state index is -0.253. The van der Waals surface area contributed by atoms with E-state index in [0.29, 0.717) is 10.4 Å². The maximum absolute atomic E-state index is 13.3. The van der Waals surface area contributed by atoms with E-state index in [2.05, 4.69) is 35.2 Å². The summed E-state index contributed by atoms with van der Waals surface area (Å²) in [6, 6.07) is 5.10. The first kappa shape index (κ1) is 12.6. The van der Waals surface area contributed by atoms with Crippen LogP contribution in [0.1, 0.15) is 31.9 Å². The first-order valence-corrected chi connectivity index (χ1v) is 5.75. The van der Waals surface area contributed by atoms with Crippen molar-refractivity contribution in [2.75, 3.05) is 0 Å². The van der Waals surface area contributed by atoms with Crippen molar-refractivity contribution in [1.82, 2.24) is 5.43 Å². The third kappa shape index (κ3) is 3.55. The molecule has 1 aromatic carbocycles. The normalized spacial score (nSPS) is 13.2. The van der Waals surface area contributed by atoms with E-state index >= 15 is 0 Å². The van der Waals surface area contributed by atoms with Gasteiger partial charge < -0.3 is 0 Å². The molecule has 1 aromatic rings. The zero-order chi connectivity index (χ0) is 11.4. The third-order valence-electron chi connectivity index (χ3n) is 2.25. The van der Waals surface area contributed by atoms with Crippen LogP contribution in [0.15, 0.2) is 22.7 Å². The molecule has 1 atom stereocenters. The van der Waals surface area contributed by atoms with Gasteiger partial charge in [0.2, 0.25) is 0 Å². The van der Waals surface area contributed by atoms with Gasteiger partial charge in [-0.2, -0.15) is 0 Å². The van der Waals surface area contributed by atoms with Crippen LogP contribution in [0.2, 0.25) is 0 Å². The second-order valence-electron chi connectivity index (χ2n) is 4.02. The fourth-order valence-electron chi connectivity index (χ4n) is 1.50. The van der Waals surface area contributed by atoms with Gasteiger partial charge in [0.25, 0.3) is 0 Å². The highest BCUT2D eigenvalue weighted by molar-refractivity contribution is 9.10. The molecule has 0 amide bonds. The van der Waals surface area contributed by atoms with Crippen molar-refractivity contribution in [3.8, 4) is 0 Å². The summed E-state index contributed by atoms with van der Waals surface area (Å²) in [6.07, 6.45) is 0.886. The number of benzene rings is 1. The van der Waals surface area contributed by atoms with E-state index in [4.69, 9.17) is 5.84 Å². The summed E-state index contributed by atoms with van der Waals surface area (Å²) in [5.41, 5.74) is 3.60. The summed E-state index contributed by atoms with van der Waals surface area (Å²) in [7, 11) is 0. The minimum absolute atomic E-state index is 0.00704. The highest BCUT2D eigenvalue weighted by Gasteiger charge is 2.13. The standard InChI is InChI=1S/C11H16BrFN2/c1-7(2)5-11(15-14)8-3-4-9(12)10(13)6-8/h3-4,6-7,11,15H,5,14H2,1-2H3. The van der Waals surface area contributed by atoms with E-state index in [-0.39, 0.29) is 11.9 Å². The van der Waals surface area contributed by atoms with E-state index in [1.165, 1.54) is 6.07 Å². The Morgan fingerprint density at radius 2 is 2.13 bits per heavy atom. The van der Waals surface area contributed by atoms with Gasteiger partial charge in [0, 0.05) is 6.04 Å². The van der Waals surface area contributed by atoms with Crippen molar-refractivity contribution in [2.45, 2.75) is 26.3 Å². The zero-order valence-electron chi connectivity index (χ0n) is 8.93. The summed E-state index contributed by atoms with van der Waals surface area (Å²) in [5, 5.41) is 0. The molecule has 1 rings (SSSR count). The van der Waals surface area contributed by atoms with Crippen molar-refractivity contribution in [3.63, 3.8) is 0 Å². The molecule has 1 unspecified atom stereocenters. The summed E-state index contributed by atoms with van der Waals surface area (Å²) in [6.45, 7) is 4.22. The highest BCUT2D eigenvalue weighted by atomic mass is 79.9. The van der Waals surface area contributed by atoms with Crippen LogP contribution in [0.3, 0.4) is 0 Å². The van der Waals surface area contributed by atoms with E-state index in [0.717, 1.165) is 12.0 Å². The molecule has 0 heterocycles. The Kier molecular flexibility index (Phi) is 4.70. The average Bonchev–Trinajstić information content (AvgIpc) is 2.18. The number of hydrogen-bond donors (Lipinski definition) is 2. The molecule has 0 spiro atoms. The lowest BCUT2D eigenvalue weighted by Gasteiger charge is -2.18. The van der Waals surface area contributed by atoms with Crippen molar-refractivity contribution in [1.29, 1.82) is 0 Å². The molecule has 2 nitrogen and oxygen atoms in total. The van der Waals surface area contributed by atoms with E-state index in [1.807, 2.05) is 6.07 Å². The van der Waals surface area contributed by atoms with Gasteiger partial charge in [-0.1, -0.05) is 19.9 Å². The fourth-order valence-corrected chi connectivity index (χ4v) is 1.75. The molecule has 0 fully saturated rings. The molecule has 0 saturated carbocycles. The molecule has 3 N–H and O–H groups in total. The summed E-state index contributed by atoms with van der Waals surface area (Å²) in [4.78, 5) is 0. The molecule has 0 aromatic heterocycles. The SMILES string of the molecule is CC(C)CC(NN)c1ccc(Br)c(F)c1. The molecular weight excluding hydrogens is 259 g/mol. The van der Waals surface area contributed by atoms with Crippen molar-refractivity contribution >= 4 is 15.9 Å². The van der Waals surface area contributed by atoms with E-state index in [9.17, 15) is 4.39 Å². The molecule has 0 aliphatic heterocycles. The molecule has 0 aliphatic rings. The number of nitrogens with one attached hydrogen (secondary N) is 1. The Balaban J connectivity index is 2.87. The molecule has 84 valence electrons. The van der Waals surface area contributed by atoms with Crippen molar-refractivity contribution < 1.29 is 4.39 Å². The molecule has 0 saturated heterocycles. The van der Waals surface area contributed by atoms with Gasteiger partial charge in [-0.3, -0.25) is 11.3 Å². The Morgan fingerprint density at radius 1 is 1.47 bits per heavy atom. The molecule has 0 bridgehead atoms. The van der Waals surface area contributed by atoms with Gasteiger partial charge in [-0.05, 0) is 46.0 Å². The first-order chi connectivity index (χ1) is 7.04. The van der Waals surface area contributed by atoms with Crippen LogP contribution in [0.5, 0.6) is 0 Å². The van der Waals surface area contributed by atoms with Crippen LogP contribution < -0.4 is 11.3 Å². The van der Waals surface area contributed by atoms with Crippen LogP contribution in [-0.4, -0.2) is 0 Å². The molecular formula is C11H16BrFN2. The topological polar surface area (TPSA) is 38.0 Å². The van der Waals surface area contributed by atoms with Gasteiger partial charge in [-0.25, -0.2) is 4.39 Å². The van der Waals surface area contributed by atoms with Crippen LogP contribution >= 0.6 is 15.9 Å².